The van der Waals surface area contributed by atoms with Crippen molar-refractivity contribution >= 4 is 0 Å². The summed E-state index contributed by atoms with van der Waals surface area (Å²) in [5, 5.41) is 0. The summed E-state index contributed by atoms with van der Waals surface area (Å²) in [5.74, 6) is 0. The molecule has 0 radical (unpaired) electrons. The van der Waals surface area contributed by atoms with Gasteiger partial charge >= 0.3 is 6.68 Å². The van der Waals surface area contributed by atoms with Crippen LogP contribution < -0.4 is 0 Å². The predicted octanol–water partition coefficient (Wildman–Crippen LogP) is 2.25. The lowest BCUT2D eigenvalue weighted by molar-refractivity contribution is 0.00819. The molecule has 5 heteroatoms. The Labute approximate surface area is 76.6 Å². The van der Waals surface area contributed by atoms with Crippen molar-refractivity contribution < 1.29 is 13.2 Å². The van der Waals surface area contributed by atoms with Gasteiger partial charge in [0, 0.05) is 26.0 Å². The molecule has 0 bridgehead atoms. The molecular weight excluding hydrogens is 181 g/mol. The lowest BCUT2D eigenvalue weighted by Gasteiger charge is -2.16. The van der Waals surface area contributed by atoms with Crippen LogP contribution in [0.1, 0.15) is 13.3 Å². The van der Waals surface area contributed by atoms with Gasteiger partial charge in [0.1, 0.15) is 0 Å². The van der Waals surface area contributed by atoms with Crippen LogP contribution in [-0.2, 0) is 0 Å². The largest absolute Gasteiger partial charge is 0.379 e. The Morgan fingerprint density at radius 3 is 2.15 bits per heavy atom. The molecule has 0 spiro atoms. The number of nitrogens with zero attached hydrogens (tertiary/aromatic N) is 2. The first-order valence-corrected chi connectivity index (χ1v) is 4.11. The topological polar surface area (TPSA) is 6.48 Å². The fourth-order valence-electron chi connectivity index (χ4n) is 1.02. The number of hydrogen-bond acceptors (Lipinski definition) is 2. The second-order valence-electron chi connectivity index (χ2n) is 2.76. The third-order valence-corrected chi connectivity index (χ3v) is 1.45. The fraction of sp³-hybridized carbons (Fsp3) is 0.750. The van der Waals surface area contributed by atoms with E-state index >= 15 is 0 Å². The summed E-state index contributed by atoms with van der Waals surface area (Å²) in [6, 6.07) is 0. The molecule has 0 aromatic carbocycles. The number of halogens is 3. The van der Waals surface area contributed by atoms with Crippen LogP contribution in [-0.4, -0.2) is 36.7 Å². The van der Waals surface area contributed by atoms with Crippen LogP contribution >= 0.6 is 0 Å². The highest BCUT2D eigenvalue weighted by atomic mass is 19.4. The summed E-state index contributed by atoms with van der Waals surface area (Å²) >= 11 is 0. The van der Waals surface area contributed by atoms with Gasteiger partial charge in [-0.3, -0.25) is 0 Å². The van der Waals surface area contributed by atoms with Crippen LogP contribution in [0.5, 0.6) is 0 Å². The number of alkyl halides is 3. The average Bonchev–Trinajstić information content (AvgIpc) is 2.35. The van der Waals surface area contributed by atoms with Gasteiger partial charge in [0.15, 0.2) is 0 Å². The average molecular weight is 196 g/mol. The first-order chi connectivity index (χ1) is 6.06. The highest BCUT2D eigenvalue weighted by Gasteiger charge is 2.04. The van der Waals surface area contributed by atoms with Gasteiger partial charge in [0.05, 0.1) is 6.67 Å². The van der Waals surface area contributed by atoms with Crippen LogP contribution in [0.3, 0.4) is 0 Å². The molecule has 0 aromatic heterocycles. The van der Waals surface area contributed by atoms with E-state index in [0.717, 1.165) is 6.67 Å². The molecule has 0 aromatic rings. The molecular formula is C8H15F3N2. The van der Waals surface area contributed by atoms with Gasteiger partial charge in [0.2, 0.25) is 0 Å². The van der Waals surface area contributed by atoms with Crippen molar-refractivity contribution in [3.8, 4) is 0 Å². The second kappa shape index (κ2) is 6.62. The highest BCUT2D eigenvalue weighted by Crippen LogP contribution is 2.02. The minimum atomic E-state index is -3.67. The van der Waals surface area contributed by atoms with E-state index in [1.54, 1.807) is 0 Å². The van der Waals surface area contributed by atoms with E-state index < -0.39 is 6.68 Å². The van der Waals surface area contributed by atoms with E-state index in [1.807, 2.05) is 0 Å². The van der Waals surface area contributed by atoms with E-state index in [4.69, 9.17) is 0 Å². The highest BCUT2D eigenvalue weighted by molar-refractivity contribution is 4.87. The summed E-state index contributed by atoms with van der Waals surface area (Å²) in [7, 11) is 2.09. The fourth-order valence-corrected chi connectivity index (χ4v) is 1.02. The molecule has 1 heterocycles. The number of rotatable bonds is 2. The van der Waals surface area contributed by atoms with Gasteiger partial charge in [-0.2, -0.15) is 13.2 Å². The van der Waals surface area contributed by atoms with Gasteiger partial charge in [-0.15, -0.1) is 0 Å². The van der Waals surface area contributed by atoms with Gasteiger partial charge in [-0.05, 0) is 6.42 Å². The molecule has 0 amide bonds. The molecule has 1 aliphatic heterocycles. The first kappa shape index (κ1) is 12.1. The summed E-state index contributed by atoms with van der Waals surface area (Å²) < 4.78 is 29.0. The van der Waals surface area contributed by atoms with Crippen molar-refractivity contribution in [2.45, 2.75) is 20.0 Å². The maximum atomic E-state index is 9.67. The van der Waals surface area contributed by atoms with E-state index in [0.29, 0.717) is 0 Å². The lowest BCUT2D eigenvalue weighted by atomic mass is 10.4. The minimum absolute atomic E-state index is 1.06. The summed E-state index contributed by atoms with van der Waals surface area (Å²) in [6.07, 6.45) is 5.48. The molecule has 2 nitrogen and oxygen atoms in total. The van der Waals surface area contributed by atoms with Crippen molar-refractivity contribution in [2.75, 3.05) is 20.3 Å². The van der Waals surface area contributed by atoms with Crippen molar-refractivity contribution in [3.63, 3.8) is 0 Å². The van der Waals surface area contributed by atoms with Crippen molar-refractivity contribution in [2.24, 2.45) is 0 Å². The Bertz CT molecular complexity index is 148. The number of hydrogen-bond donors (Lipinski definition) is 0. The van der Waals surface area contributed by atoms with Crippen molar-refractivity contribution in [3.05, 3.63) is 12.4 Å². The molecule has 1 aliphatic rings. The van der Waals surface area contributed by atoms with Crippen LogP contribution in [0.25, 0.3) is 0 Å². The third-order valence-electron chi connectivity index (χ3n) is 1.45. The lowest BCUT2D eigenvalue weighted by Crippen LogP contribution is -2.22. The van der Waals surface area contributed by atoms with E-state index in [2.05, 4.69) is 36.2 Å². The third kappa shape index (κ3) is 7.49. The normalized spacial score (nSPS) is 14.9. The van der Waals surface area contributed by atoms with Crippen molar-refractivity contribution in [1.82, 2.24) is 9.80 Å². The first-order valence-electron chi connectivity index (χ1n) is 4.11. The molecule has 0 N–H and O–H groups in total. The minimum Gasteiger partial charge on any atom is -0.362 e. The monoisotopic (exact) mass is 196 g/mol. The molecule has 78 valence electrons. The van der Waals surface area contributed by atoms with Crippen LogP contribution in [0, 0.1) is 0 Å². The smallest absolute Gasteiger partial charge is 0.362 e. The summed E-state index contributed by atoms with van der Waals surface area (Å²) in [6.45, 7) is 0.779. The molecule has 0 saturated heterocycles. The summed E-state index contributed by atoms with van der Waals surface area (Å²) in [5.41, 5.74) is 0. The van der Waals surface area contributed by atoms with Gasteiger partial charge in [-0.25, -0.2) is 0 Å². The van der Waals surface area contributed by atoms with Crippen molar-refractivity contribution in [1.29, 1.82) is 0 Å². The molecule has 0 atom stereocenters. The SMILES string of the molecule is CCCN1C=CN(C)C1.FC(F)F. The zero-order valence-corrected chi connectivity index (χ0v) is 7.88. The van der Waals surface area contributed by atoms with E-state index in [9.17, 15) is 13.2 Å². The maximum absolute atomic E-state index is 9.67. The van der Waals surface area contributed by atoms with Crippen LogP contribution in [0.15, 0.2) is 12.4 Å². The van der Waals surface area contributed by atoms with Gasteiger partial charge in [-0.1, -0.05) is 6.92 Å². The Morgan fingerprint density at radius 1 is 1.31 bits per heavy atom. The van der Waals surface area contributed by atoms with E-state index in [1.165, 1.54) is 13.0 Å². The zero-order chi connectivity index (χ0) is 10.3. The molecule has 0 saturated carbocycles. The predicted molar refractivity (Wildman–Crippen MR) is 45.9 cm³/mol. The second-order valence-corrected chi connectivity index (χ2v) is 2.76. The van der Waals surface area contributed by atoms with Gasteiger partial charge in [0.25, 0.3) is 0 Å². The zero-order valence-electron chi connectivity index (χ0n) is 7.88. The maximum Gasteiger partial charge on any atom is 0.379 e. The quantitative estimate of drug-likeness (QED) is 0.668. The Morgan fingerprint density at radius 2 is 1.85 bits per heavy atom. The Kier molecular flexibility index (Phi) is 6.18. The Balaban J connectivity index is 0.000000310. The molecule has 1 rings (SSSR count). The van der Waals surface area contributed by atoms with Crippen LogP contribution in [0.2, 0.25) is 0 Å². The standard InChI is InChI=1S/C7H14N2.CHF3/c1-3-4-9-6-5-8(2)7-9;2-1(3)4/h5-6H,3-4,7H2,1-2H3;1H. The van der Waals surface area contributed by atoms with Gasteiger partial charge < -0.3 is 9.80 Å². The molecule has 0 fully saturated rings. The molecule has 0 aliphatic carbocycles. The molecule has 0 unspecified atom stereocenters. The molecule has 13 heavy (non-hydrogen) atoms. The van der Waals surface area contributed by atoms with Crippen LogP contribution in [0.4, 0.5) is 13.2 Å². The van der Waals surface area contributed by atoms with E-state index in [-0.39, 0.29) is 0 Å². The Hall–Kier alpha value is -0.870. The summed E-state index contributed by atoms with van der Waals surface area (Å²) in [4.78, 5) is 4.48.